The first kappa shape index (κ1) is 16.2. The number of ether oxygens (including phenoxy) is 1. The second-order valence-corrected chi connectivity index (χ2v) is 7.52. The van der Waals surface area contributed by atoms with Gasteiger partial charge in [-0.05, 0) is 37.8 Å². The standard InChI is InChI=1S/C17H22N2O3S/c1-2-22-16-9-10-17(14-6-4-3-5-13(14)16)23(20,21)19-15(11-18)12-7-8-12/h3-6,9-10,12,15,19H,2,7-8,11,18H2,1H3. The van der Waals surface area contributed by atoms with Crippen molar-refractivity contribution in [3.63, 3.8) is 0 Å². The molecule has 0 radical (unpaired) electrons. The summed E-state index contributed by atoms with van der Waals surface area (Å²) in [7, 11) is -3.62. The Kier molecular flexibility index (Phi) is 4.57. The maximum Gasteiger partial charge on any atom is 0.241 e. The maximum atomic E-state index is 12.8. The van der Waals surface area contributed by atoms with Gasteiger partial charge in [-0.1, -0.05) is 24.3 Å². The van der Waals surface area contributed by atoms with Gasteiger partial charge in [0.1, 0.15) is 5.75 Å². The van der Waals surface area contributed by atoms with Crippen LogP contribution in [-0.4, -0.2) is 27.6 Å². The lowest BCUT2D eigenvalue weighted by Gasteiger charge is -2.18. The lowest BCUT2D eigenvalue weighted by Crippen LogP contribution is -2.41. The maximum absolute atomic E-state index is 12.8. The molecule has 0 aromatic heterocycles. The van der Waals surface area contributed by atoms with Crippen molar-refractivity contribution >= 4 is 20.8 Å². The first-order chi connectivity index (χ1) is 11.1. The van der Waals surface area contributed by atoms with Crippen molar-refractivity contribution in [1.29, 1.82) is 0 Å². The number of sulfonamides is 1. The van der Waals surface area contributed by atoms with Crippen molar-refractivity contribution in [3.05, 3.63) is 36.4 Å². The van der Waals surface area contributed by atoms with E-state index in [0.717, 1.165) is 18.2 Å². The molecule has 5 nitrogen and oxygen atoms in total. The minimum Gasteiger partial charge on any atom is -0.493 e. The molecule has 2 aromatic rings. The molecule has 0 amide bonds. The molecule has 1 fully saturated rings. The highest BCUT2D eigenvalue weighted by Gasteiger charge is 2.33. The van der Waals surface area contributed by atoms with E-state index in [-0.39, 0.29) is 10.9 Å². The van der Waals surface area contributed by atoms with E-state index >= 15 is 0 Å². The summed E-state index contributed by atoms with van der Waals surface area (Å²) >= 11 is 0. The molecule has 0 saturated heterocycles. The van der Waals surface area contributed by atoms with Gasteiger partial charge < -0.3 is 10.5 Å². The zero-order valence-electron chi connectivity index (χ0n) is 13.2. The number of hydrogen-bond acceptors (Lipinski definition) is 4. The van der Waals surface area contributed by atoms with Gasteiger partial charge >= 0.3 is 0 Å². The van der Waals surface area contributed by atoms with Gasteiger partial charge in [0.2, 0.25) is 10.0 Å². The van der Waals surface area contributed by atoms with Gasteiger partial charge in [-0.3, -0.25) is 0 Å². The topological polar surface area (TPSA) is 81.4 Å². The molecule has 3 N–H and O–H groups in total. The van der Waals surface area contributed by atoms with Crippen molar-refractivity contribution in [2.75, 3.05) is 13.2 Å². The van der Waals surface area contributed by atoms with E-state index in [4.69, 9.17) is 10.5 Å². The Morgan fingerprint density at radius 1 is 1.22 bits per heavy atom. The fraction of sp³-hybridized carbons (Fsp3) is 0.412. The first-order valence-corrected chi connectivity index (χ1v) is 9.42. The van der Waals surface area contributed by atoms with Crippen LogP contribution < -0.4 is 15.2 Å². The van der Waals surface area contributed by atoms with E-state index in [9.17, 15) is 8.42 Å². The average Bonchev–Trinajstić information content (AvgIpc) is 3.38. The van der Waals surface area contributed by atoms with Crippen LogP contribution in [0.1, 0.15) is 19.8 Å². The van der Waals surface area contributed by atoms with E-state index in [2.05, 4.69) is 4.72 Å². The third kappa shape index (κ3) is 3.34. The summed E-state index contributed by atoms with van der Waals surface area (Å²) in [6.07, 6.45) is 2.07. The summed E-state index contributed by atoms with van der Waals surface area (Å²) in [6, 6.07) is 10.5. The summed E-state index contributed by atoms with van der Waals surface area (Å²) < 4.78 is 34.0. The molecule has 124 valence electrons. The van der Waals surface area contributed by atoms with Gasteiger partial charge in [-0.15, -0.1) is 0 Å². The molecule has 0 aliphatic heterocycles. The van der Waals surface area contributed by atoms with Crippen molar-refractivity contribution < 1.29 is 13.2 Å². The van der Waals surface area contributed by atoms with Crippen LogP contribution in [0.3, 0.4) is 0 Å². The van der Waals surface area contributed by atoms with Crippen molar-refractivity contribution in [1.82, 2.24) is 4.72 Å². The van der Waals surface area contributed by atoms with E-state index < -0.39 is 10.0 Å². The van der Waals surface area contributed by atoms with E-state index in [1.54, 1.807) is 18.2 Å². The summed E-state index contributed by atoms with van der Waals surface area (Å²) in [5.41, 5.74) is 5.73. The minimum absolute atomic E-state index is 0.190. The molecule has 0 bridgehead atoms. The third-order valence-electron chi connectivity index (χ3n) is 4.18. The molecule has 2 aromatic carbocycles. The second-order valence-electron chi connectivity index (χ2n) is 5.84. The predicted molar refractivity (Wildman–Crippen MR) is 91.0 cm³/mol. The zero-order chi connectivity index (χ0) is 16.4. The highest BCUT2D eigenvalue weighted by Crippen LogP contribution is 2.34. The minimum atomic E-state index is -3.62. The van der Waals surface area contributed by atoms with Crippen LogP contribution >= 0.6 is 0 Å². The molecule has 0 heterocycles. The fourth-order valence-electron chi connectivity index (χ4n) is 2.86. The monoisotopic (exact) mass is 334 g/mol. The van der Waals surface area contributed by atoms with Gasteiger partial charge in [0.15, 0.2) is 0 Å². The van der Waals surface area contributed by atoms with Gasteiger partial charge in [0, 0.05) is 23.4 Å². The smallest absolute Gasteiger partial charge is 0.241 e. The number of hydrogen-bond donors (Lipinski definition) is 2. The highest BCUT2D eigenvalue weighted by molar-refractivity contribution is 7.89. The number of nitrogens with two attached hydrogens (primary N) is 1. The quantitative estimate of drug-likeness (QED) is 0.814. The normalized spacial score (nSPS) is 16.4. The van der Waals surface area contributed by atoms with E-state index in [1.165, 1.54) is 0 Å². The Labute approximate surface area is 136 Å². The van der Waals surface area contributed by atoms with Gasteiger partial charge in [-0.2, -0.15) is 0 Å². The molecular weight excluding hydrogens is 312 g/mol. The molecule has 1 unspecified atom stereocenters. The highest BCUT2D eigenvalue weighted by atomic mass is 32.2. The molecule has 1 aliphatic carbocycles. The fourth-order valence-corrected chi connectivity index (χ4v) is 4.39. The molecule has 1 aliphatic rings. The van der Waals surface area contributed by atoms with Crippen LogP contribution in [0, 0.1) is 5.92 Å². The summed E-state index contributed by atoms with van der Waals surface area (Å²) in [4.78, 5) is 0.274. The van der Waals surface area contributed by atoms with Crippen molar-refractivity contribution in [2.24, 2.45) is 11.7 Å². The summed E-state index contributed by atoms with van der Waals surface area (Å²) in [5.74, 6) is 1.06. The Bertz CT molecular complexity index is 801. The summed E-state index contributed by atoms with van der Waals surface area (Å²) in [6.45, 7) is 2.76. The number of nitrogens with one attached hydrogen (secondary N) is 1. The van der Waals surface area contributed by atoms with Crippen LogP contribution in [0.15, 0.2) is 41.3 Å². The SMILES string of the molecule is CCOc1ccc(S(=O)(=O)NC(CN)C2CC2)c2ccccc12. The molecule has 1 saturated carbocycles. The van der Waals surface area contributed by atoms with Crippen LogP contribution in [-0.2, 0) is 10.0 Å². The first-order valence-electron chi connectivity index (χ1n) is 7.93. The molecule has 23 heavy (non-hydrogen) atoms. The molecule has 6 heteroatoms. The van der Waals surface area contributed by atoms with Gasteiger partial charge in [-0.25, -0.2) is 13.1 Å². The molecule has 0 spiro atoms. The summed E-state index contributed by atoms with van der Waals surface area (Å²) in [5, 5.41) is 1.46. The predicted octanol–water partition coefficient (Wildman–Crippen LogP) is 2.25. The molecule has 1 atom stereocenters. The Hall–Kier alpha value is -1.63. The lowest BCUT2D eigenvalue weighted by molar-refractivity contribution is 0.344. The van der Waals surface area contributed by atoms with E-state index in [1.807, 2.05) is 25.1 Å². The zero-order valence-corrected chi connectivity index (χ0v) is 14.0. The van der Waals surface area contributed by atoms with Crippen LogP contribution in [0.25, 0.3) is 10.8 Å². The third-order valence-corrected chi connectivity index (χ3v) is 5.73. The van der Waals surface area contributed by atoms with Crippen LogP contribution in [0.4, 0.5) is 0 Å². The second kappa shape index (κ2) is 6.47. The van der Waals surface area contributed by atoms with Gasteiger partial charge in [0.05, 0.1) is 11.5 Å². The number of rotatable bonds is 7. The Balaban J connectivity index is 2.03. The van der Waals surface area contributed by atoms with Crippen molar-refractivity contribution in [2.45, 2.75) is 30.7 Å². The van der Waals surface area contributed by atoms with E-state index in [0.29, 0.717) is 30.2 Å². The number of benzene rings is 2. The lowest BCUT2D eigenvalue weighted by atomic mass is 10.1. The average molecular weight is 334 g/mol. The van der Waals surface area contributed by atoms with Gasteiger partial charge in [0.25, 0.3) is 0 Å². The molecule has 3 rings (SSSR count). The van der Waals surface area contributed by atoms with Crippen LogP contribution in [0.5, 0.6) is 5.75 Å². The Morgan fingerprint density at radius 3 is 2.52 bits per heavy atom. The Morgan fingerprint density at radius 2 is 1.91 bits per heavy atom. The largest absolute Gasteiger partial charge is 0.493 e. The van der Waals surface area contributed by atoms with Crippen molar-refractivity contribution in [3.8, 4) is 5.75 Å². The molecular formula is C17H22N2O3S. The van der Waals surface area contributed by atoms with Crippen LogP contribution in [0.2, 0.25) is 0 Å². The number of fused-ring (bicyclic) bond motifs is 1.